The maximum atomic E-state index is 13.0. The second kappa shape index (κ2) is 7.08. The summed E-state index contributed by atoms with van der Waals surface area (Å²) in [7, 11) is 0. The number of piperidine rings is 1. The minimum absolute atomic E-state index is 0.0202. The van der Waals surface area contributed by atoms with Crippen molar-refractivity contribution in [3.63, 3.8) is 0 Å². The van der Waals surface area contributed by atoms with Crippen LogP contribution < -0.4 is 10.2 Å². The summed E-state index contributed by atoms with van der Waals surface area (Å²) in [6.07, 6.45) is -2.26. The summed E-state index contributed by atoms with van der Waals surface area (Å²) >= 11 is 0. The molecule has 10 heteroatoms. The van der Waals surface area contributed by atoms with Crippen LogP contribution in [-0.4, -0.2) is 45.1 Å². The van der Waals surface area contributed by atoms with Crippen LogP contribution in [0.5, 0.6) is 0 Å². The smallest absolute Gasteiger partial charge is 0.356 e. The zero-order chi connectivity index (χ0) is 18.9. The monoisotopic (exact) mass is 370 g/mol. The van der Waals surface area contributed by atoms with Crippen molar-refractivity contribution in [1.29, 1.82) is 0 Å². The highest BCUT2D eigenvalue weighted by Gasteiger charge is 2.37. The third-order valence-corrected chi connectivity index (χ3v) is 4.34. The second-order valence-electron chi connectivity index (χ2n) is 6.48. The van der Waals surface area contributed by atoms with Crippen LogP contribution in [0.25, 0.3) is 5.78 Å². The van der Waals surface area contributed by atoms with Crippen molar-refractivity contribution in [3.05, 3.63) is 17.6 Å². The lowest BCUT2D eigenvalue weighted by molar-refractivity contribution is -0.144. The molecule has 1 amide bonds. The van der Waals surface area contributed by atoms with Crippen molar-refractivity contribution >= 4 is 17.5 Å². The van der Waals surface area contributed by atoms with Crippen molar-refractivity contribution < 1.29 is 18.0 Å². The number of rotatable bonds is 4. The molecule has 7 nitrogen and oxygen atoms in total. The fourth-order valence-electron chi connectivity index (χ4n) is 3.11. The van der Waals surface area contributed by atoms with Crippen LogP contribution in [0.2, 0.25) is 0 Å². The van der Waals surface area contributed by atoms with Gasteiger partial charge in [-0.05, 0) is 26.2 Å². The van der Waals surface area contributed by atoms with E-state index in [1.165, 1.54) is 0 Å². The molecule has 1 fully saturated rings. The quantitative estimate of drug-likeness (QED) is 0.893. The van der Waals surface area contributed by atoms with Crippen LogP contribution in [0.1, 0.15) is 37.7 Å². The van der Waals surface area contributed by atoms with Gasteiger partial charge in [0.05, 0.1) is 5.92 Å². The first-order valence-corrected chi connectivity index (χ1v) is 8.64. The van der Waals surface area contributed by atoms with Crippen molar-refractivity contribution in [2.75, 3.05) is 24.5 Å². The molecule has 2 aromatic heterocycles. The summed E-state index contributed by atoms with van der Waals surface area (Å²) in [6, 6.07) is 1.67. The van der Waals surface area contributed by atoms with Crippen LogP contribution in [-0.2, 0) is 11.0 Å². The van der Waals surface area contributed by atoms with Gasteiger partial charge in [-0.25, -0.2) is 4.98 Å². The van der Waals surface area contributed by atoms with Crippen LogP contribution in [0.3, 0.4) is 0 Å². The molecule has 0 saturated carbocycles. The molecule has 0 aliphatic carbocycles. The first-order chi connectivity index (χ1) is 12.3. The molecule has 0 spiro atoms. The van der Waals surface area contributed by atoms with Gasteiger partial charge >= 0.3 is 6.18 Å². The Labute approximate surface area is 148 Å². The number of nitrogens with zero attached hydrogens (tertiary/aromatic N) is 5. The first-order valence-electron chi connectivity index (χ1n) is 8.64. The first kappa shape index (κ1) is 18.4. The Morgan fingerprint density at radius 2 is 2.15 bits per heavy atom. The highest BCUT2D eigenvalue weighted by Crippen LogP contribution is 2.29. The van der Waals surface area contributed by atoms with Gasteiger partial charge in [-0.1, -0.05) is 6.92 Å². The summed E-state index contributed by atoms with van der Waals surface area (Å²) in [6.45, 7) is 5.35. The molecule has 2 aromatic rings. The molecule has 26 heavy (non-hydrogen) atoms. The van der Waals surface area contributed by atoms with E-state index in [4.69, 9.17) is 0 Å². The predicted molar refractivity (Wildman–Crippen MR) is 88.8 cm³/mol. The van der Waals surface area contributed by atoms with Crippen LogP contribution in [0.15, 0.2) is 6.07 Å². The Morgan fingerprint density at radius 3 is 2.85 bits per heavy atom. The average molecular weight is 370 g/mol. The Kier molecular flexibility index (Phi) is 5.01. The molecule has 0 radical (unpaired) electrons. The number of halogens is 3. The zero-order valence-electron chi connectivity index (χ0n) is 14.7. The summed E-state index contributed by atoms with van der Waals surface area (Å²) in [5, 5.41) is 6.48. The van der Waals surface area contributed by atoms with Gasteiger partial charge in [-0.15, -0.1) is 5.10 Å². The molecule has 3 rings (SSSR count). The van der Waals surface area contributed by atoms with Crippen LogP contribution >= 0.6 is 0 Å². The highest BCUT2D eigenvalue weighted by molar-refractivity contribution is 5.79. The number of nitrogens with one attached hydrogen (secondary N) is 1. The number of aromatic nitrogens is 4. The lowest BCUT2D eigenvalue weighted by Gasteiger charge is -2.33. The molecule has 1 aliphatic heterocycles. The van der Waals surface area contributed by atoms with Crippen molar-refractivity contribution in [3.8, 4) is 0 Å². The number of amides is 1. The minimum atomic E-state index is -4.64. The van der Waals surface area contributed by atoms with E-state index in [0.29, 0.717) is 31.1 Å². The molecule has 0 aromatic carbocycles. The van der Waals surface area contributed by atoms with Crippen molar-refractivity contribution in [2.24, 2.45) is 5.92 Å². The lowest BCUT2D eigenvalue weighted by Crippen LogP contribution is -2.44. The van der Waals surface area contributed by atoms with E-state index in [9.17, 15) is 18.0 Å². The summed E-state index contributed by atoms with van der Waals surface area (Å²) < 4.78 is 40.0. The van der Waals surface area contributed by atoms with Crippen LogP contribution in [0.4, 0.5) is 19.0 Å². The van der Waals surface area contributed by atoms with Crippen LogP contribution in [0, 0.1) is 12.8 Å². The third kappa shape index (κ3) is 3.73. The fraction of sp³-hybridized carbons (Fsp3) is 0.625. The Balaban J connectivity index is 1.91. The number of anilines is 1. The largest absolute Gasteiger partial charge is 0.453 e. The minimum Gasteiger partial charge on any atom is -0.356 e. The SMILES string of the molecule is CCCNC(=O)C1CCCN(c2cc(C)nc3nc(C(F)(F)F)nn23)C1. The highest BCUT2D eigenvalue weighted by atomic mass is 19.4. The molecule has 142 valence electrons. The molecular weight excluding hydrogens is 349 g/mol. The van der Waals surface area contributed by atoms with Gasteiger partial charge in [0.2, 0.25) is 5.91 Å². The van der Waals surface area contributed by atoms with E-state index >= 15 is 0 Å². The number of carbonyl (C=O) groups excluding carboxylic acids is 1. The molecule has 1 saturated heterocycles. The Hall–Kier alpha value is -2.39. The van der Waals surface area contributed by atoms with Gasteiger partial charge in [0, 0.05) is 31.4 Å². The van der Waals surface area contributed by atoms with Gasteiger partial charge in [0.15, 0.2) is 0 Å². The van der Waals surface area contributed by atoms with E-state index in [1.807, 2.05) is 11.8 Å². The number of fused-ring (bicyclic) bond motifs is 1. The average Bonchev–Trinajstić information content (AvgIpc) is 3.03. The van der Waals surface area contributed by atoms with E-state index in [1.54, 1.807) is 13.0 Å². The Morgan fingerprint density at radius 1 is 1.38 bits per heavy atom. The maximum absolute atomic E-state index is 13.0. The molecule has 0 bridgehead atoms. The Bertz CT molecular complexity index is 803. The molecule has 1 N–H and O–H groups in total. The number of alkyl halides is 3. The third-order valence-electron chi connectivity index (χ3n) is 4.34. The number of carbonyl (C=O) groups is 1. The maximum Gasteiger partial charge on any atom is 0.453 e. The molecule has 1 unspecified atom stereocenters. The zero-order valence-corrected chi connectivity index (χ0v) is 14.7. The number of aryl methyl sites for hydroxylation is 1. The van der Waals surface area contributed by atoms with Crippen molar-refractivity contribution in [2.45, 2.75) is 39.3 Å². The van der Waals surface area contributed by atoms with Gasteiger partial charge in [0.25, 0.3) is 11.6 Å². The lowest BCUT2D eigenvalue weighted by atomic mass is 9.97. The number of hydrogen-bond donors (Lipinski definition) is 1. The van der Waals surface area contributed by atoms with E-state index in [-0.39, 0.29) is 17.6 Å². The normalized spacial score (nSPS) is 18.3. The standard InChI is InChI=1S/C16H21F3N6O/c1-3-6-20-13(26)11-5-4-7-24(9-11)12-8-10(2)21-15-22-14(16(17,18)19)23-25(12)15/h8,11H,3-7,9H2,1-2H3,(H,20,26). The number of hydrogen-bond acceptors (Lipinski definition) is 5. The van der Waals surface area contributed by atoms with Gasteiger partial charge in [0.1, 0.15) is 5.82 Å². The van der Waals surface area contributed by atoms with Gasteiger partial charge in [-0.2, -0.15) is 22.7 Å². The molecular formula is C16H21F3N6O. The summed E-state index contributed by atoms with van der Waals surface area (Å²) in [5.41, 5.74) is 0.547. The van der Waals surface area contributed by atoms with E-state index < -0.39 is 12.0 Å². The molecule has 3 heterocycles. The molecule has 1 aliphatic rings. The van der Waals surface area contributed by atoms with E-state index in [2.05, 4.69) is 20.4 Å². The second-order valence-corrected chi connectivity index (χ2v) is 6.48. The summed E-state index contributed by atoms with van der Waals surface area (Å²) in [5.74, 6) is -1.06. The van der Waals surface area contributed by atoms with Gasteiger partial charge in [-0.3, -0.25) is 4.79 Å². The fourth-order valence-corrected chi connectivity index (χ4v) is 3.11. The van der Waals surface area contributed by atoms with E-state index in [0.717, 1.165) is 23.8 Å². The molecule has 1 atom stereocenters. The predicted octanol–water partition coefficient (Wildman–Crippen LogP) is 2.19. The summed E-state index contributed by atoms with van der Waals surface area (Å²) in [4.78, 5) is 21.7. The van der Waals surface area contributed by atoms with Gasteiger partial charge < -0.3 is 10.2 Å². The topological polar surface area (TPSA) is 75.4 Å². The van der Waals surface area contributed by atoms with Crippen molar-refractivity contribution in [1.82, 2.24) is 24.9 Å².